The summed E-state index contributed by atoms with van der Waals surface area (Å²) in [5.74, 6) is 0.494. The molecule has 0 aliphatic heterocycles. The number of carbonyl (C=O) groups is 1. The summed E-state index contributed by atoms with van der Waals surface area (Å²) in [5, 5.41) is 2.70. The van der Waals surface area contributed by atoms with Gasteiger partial charge in [-0.3, -0.25) is 4.79 Å². The molecule has 0 aliphatic carbocycles. The van der Waals surface area contributed by atoms with Crippen LogP contribution in [0.5, 0.6) is 0 Å². The van der Waals surface area contributed by atoms with Gasteiger partial charge in [-0.1, -0.05) is 98.4 Å². The summed E-state index contributed by atoms with van der Waals surface area (Å²) >= 11 is 0. The molecule has 22 heavy (non-hydrogen) atoms. The Kier molecular flexibility index (Phi) is 5.36. The van der Waals surface area contributed by atoms with E-state index in [0.717, 1.165) is 6.42 Å². The molecule has 116 valence electrons. The summed E-state index contributed by atoms with van der Waals surface area (Å²) in [5.41, 5.74) is 0.123. The third kappa shape index (κ3) is 3.07. The second-order valence-electron chi connectivity index (χ2n) is 6.45. The monoisotopic (exact) mass is 310 g/mol. The Bertz CT molecular complexity index is 565. The van der Waals surface area contributed by atoms with Gasteiger partial charge in [-0.25, -0.2) is 0 Å². The topological polar surface area (TPSA) is 17.1 Å². The highest BCUT2D eigenvalue weighted by Crippen LogP contribution is 2.29. The highest BCUT2D eigenvalue weighted by molar-refractivity contribution is 7.04. The van der Waals surface area contributed by atoms with Crippen LogP contribution in [-0.2, 0) is 4.79 Å². The number of benzene rings is 2. The molecule has 2 aromatic carbocycles. The zero-order chi connectivity index (χ0) is 16.2. The van der Waals surface area contributed by atoms with Crippen molar-refractivity contribution in [2.45, 2.75) is 39.3 Å². The van der Waals surface area contributed by atoms with Crippen LogP contribution in [0.25, 0.3) is 0 Å². The molecule has 2 rings (SSSR count). The molecule has 1 nitrogen and oxygen atoms in total. The smallest absolute Gasteiger partial charge is 0.136 e. The Balaban J connectivity index is 2.62. The Labute approximate surface area is 135 Å². The van der Waals surface area contributed by atoms with Crippen molar-refractivity contribution in [3.8, 4) is 0 Å². The van der Waals surface area contributed by atoms with Gasteiger partial charge in [-0.05, 0) is 6.42 Å². The van der Waals surface area contributed by atoms with Crippen LogP contribution < -0.4 is 10.4 Å². The van der Waals surface area contributed by atoms with Crippen molar-refractivity contribution in [3.05, 3.63) is 60.7 Å². The van der Waals surface area contributed by atoms with Gasteiger partial charge in [0.2, 0.25) is 0 Å². The van der Waals surface area contributed by atoms with Crippen molar-refractivity contribution >= 4 is 24.2 Å². The van der Waals surface area contributed by atoms with E-state index in [4.69, 9.17) is 0 Å². The first-order chi connectivity index (χ1) is 10.5. The molecule has 0 saturated heterocycles. The second kappa shape index (κ2) is 7.06. The molecule has 0 heterocycles. The van der Waals surface area contributed by atoms with E-state index in [-0.39, 0.29) is 11.5 Å². The maximum atomic E-state index is 12.9. The highest BCUT2D eigenvalue weighted by Gasteiger charge is 2.43. The quantitative estimate of drug-likeness (QED) is 0.740. The van der Waals surface area contributed by atoms with E-state index in [2.05, 4.69) is 74.1 Å². The fourth-order valence-electron chi connectivity index (χ4n) is 3.43. The first-order valence-corrected chi connectivity index (χ1v) is 10.7. The van der Waals surface area contributed by atoms with Gasteiger partial charge < -0.3 is 0 Å². The van der Waals surface area contributed by atoms with Crippen molar-refractivity contribution in [3.63, 3.8) is 0 Å². The van der Waals surface area contributed by atoms with E-state index < -0.39 is 8.07 Å². The number of Topliss-reactive ketones (excluding diaryl/α,β-unsaturated/α-hetero) is 1. The molecule has 0 N–H and O–H groups in total. The lowest BCUT2D eigenvalue weighted by Gasteiger charge is -2.36. The third-order valence-electron chi connectivity index (χ3n) is 4.76. The first kappa shape index (κ1) is 16.7. The molecule has 0 radical (unpaired) electrons. The predicted molar refractivity (Wildman–Crippen MR) is 97.7 cm³/mol. The molecule has 0 amide bonds. The molecule has 1 atom stereocenters. The second-order valence-corrected chi connectivity index (χ2v) is 10.7. The number of rotatable bonds is 6. The lowest BCUT2D eigenvalue weighted by molar-refractivity contribution is -0.121. The van der Waals surface area contributed by atoms with Gasteiger partial charge in [-0.2, -0.15) is 0 Å². The van der Waals surface area contributed by atoms with Crippen molar-refractivity contribution in [1.29, 1.82) is 0 Å². The number of ketones is 1. The molecule has 0 bridgehead atoms. The molecule has 2 heteroatoms. The molecule has 0 aromatic heterocycles. The van der Waals surface area contributed by atoms with Crippen LogP contribution in [0.3, 0.4) is 0 Å². The molecule has 0 aliphatic rings. The van der Waals surface area contributed by atoms with E-state index in [9.17, 15) is 4.79 Å². The molecule has 1 unspecified atom stereocenters. The normalized spacial score (nSPS) is 13.1. The van der Waals surface area contributed by atoms with E-state index in [1.807, 2.05) is 13.8 Å². The van der Waals surface area contributed by atoms with Gasteiger partial charge in [0.15, 0.2) is 0 Å². The zero-order valence-electron chi connectivity index (χ0n) is 14.0. The maximum Gasteiger partial charge on any atom is 0.136 e. The van der Waals surface area contributed by atoms with Crippen molar-refractivity contribution in [2.24, 2.45) is 5.92 Å². The van der Waals surface area contributed by atoms with E-state index in [1.54, 1.807) is 0 Å². The average Bonchev–Trinajstić information content (AvgIpc) is 2.56. The van der Waals surface area contributed by atoms with E-state index in [1.165, 1.54) is 10.4 Å². The van der Waals surface area contributed by atoms with Crippen molar-refractivity contribution in [2.75, 3.05) is 0 Å². The molecule has 0 spiro atoms. The highest BCUT2D eigenvalue weighted by atomic mass is 28.3. The minimum atomic E-state index is -2.11. The minimum absolute atomic E-state index is 0.0872. The van der Waals surface area contributed by atoms with Crippen LogP contribution in [0.2, 0.25) is 12.1 Å². The largest absolute Gasteiger partial charge is 0.299 e. The van der Waals surface area contributed by atoms with Crippen LogP contribution in [0.1, 0.15) is 27.2 Å². The Morgan fingerprint density at radius 3 is 1.64 bits per heavy atom. The van der Waals surface area contributed by atoms with E-state index in [0.29, 0.717) is 5.78 Å². The average molecular weight is 311 g/mol. The summed E-state index contributed by atoms with van der Waals surface area (Å²) < 4.78 is 0. The predicted octanol–water partition coefficient (Wildman–Crippen LogP) is 3.88. The van der Waals surface area contributed by atoms with Gasteiger partial charge in [-0.15, -0.1) is 0 Å². The van der Waals surface area contributed by atoms with Gasteiger partial charge in [0, 0.05) is 11.5 Å². The fourth-order valence-corrected chi connectivity index (χ4v) is 8.06. The Morgan fingerprint density at radius 1 is 0.909 bits per heavy atom. The number of hydrogen-bond acceptors (Lipinski definition) is 1. The van der Waals surface area contributed by atoms with Gasteiger partial charge in [0.05, 0.1) is 0 Å². The molecular weight excluding hydrogens is 284 g/mol. The lowest BCUT2D eigenvalue weighted by atomic mass is 10.0. The number of hydrogen-bond donors (Lipinski definition) is 0. The molecule has 2 aromatic rings. The van der Waals surface area contributed by atoms with Crippen molar-refractivity contribution in [1.82, 2.24) is 0 Å². The third-order valence-corrected chi connectivity index (χ3v) is 9.92. The molecule has 0 saturated carbocycles. The summed E-state index contributed by atoms with van der Waals surface area (Å²) in [6, 6.07) is 21.3. The van der Waals surface area contributed by atoms with Crippen LogP contribution >= 0.6 is 0 Å². The molecule has 0 fully saturated rings. The lowest BCUT2D eigenvalue weighted by Crippen LogP contribution is -2.61. The van der Waals surface area contributed by atoms with Gasteiger partial charge >= 0.3 is 0 Å². The fraction of sp³-hybridized carbons (Fsp3) is 0.350. The van der Waals surface area contributed by atoms with Crippen LogP contribution in [-0.4, -0.2) is 13.9 Å². The zero-order valence-corrected chi connectivity index (χ0v) is 15.0. The SMILES string of the molecule is CCC(C(=O)C(C)C)[Si](C)(c1ccccc1)c1ccccc1. The van der Waals surface area contributed by atoms with Crippen LogP contribution in [0, 0.1) is 5.92 Å². The molecular formula is C20H26OSi. The van der Waals surface area contributed by atoms with Crippen molar-refractivity contribution < 1.29 is 4.79 Å². The van der Waals surface area contributed by atoms with Crippen LogP contribution in [0.15, 0.2) is 60.7 Å². The Hall–Kier alpha value is -1.67. The van der Waals surface area contributed by atoms with Crippen LogP contribution in [0.4, 0.5) is 0 Å². The summed E-state index contributed by atoms with van der Waals surface area (Å²) in [7, 11) is -2.11. The Morgan fingerprint density at radius 2 is 1.32 bits per heavy atom. The maximum absolute atomic E-state index is 12.9. The summed E-state index contributed by atoms with van der Waals surface area (Å²) in [6.45, 7) is 8.56. The summed E-state index contributed by atoms with van der Waals surface area (Å²) in [4.78, 5) is 12.9. The van der Waals surface area contributed by atoms with Gasteiger partial charge in [0.1, 0.15) is 13.9 Å². The first-order valence-electron chi connectivity index (χ1n) is 8.16. The minimum Gasteiger partial charge on any atom is -0.299 e. The number of carbonyl (C=O) groups excluding carboxylic acids is 1. The van der Waals surface area contributed by atoms with E-state index >= 15 is 0 Å². The van der Waals surface area contributed by atoms with Gasteiger partial charge in [0.25, 0.3) is 0 Å². The summed E-state index contributed by atoms with van der Waals surface area (Å²) in [6.07, 6.45) is 0.906. The standard InChI is InChI=1S/C20H26OSi/c1-5-19(20(21)16(2)3)22(4,17-12-8-6-9-13-17)18-14-10-7-11-15-18/h6-16,19H,5H2,1-4H3.